The smallest absolute Gasteiger partial charge is 0.181 e. The van der Waals surface area contributed by atoms with E-state index < -0.39 is 0 Å². The molecule has 0 amide bonds. The van der Waals surface area contributed by atoms with E-state index in [1.165, 1.54) is 0 Å². The Labute approximate surface area is 166 Å². The van der Waals surface area contributed by atoms with Gasteiger partial charge in [0.05, 0.1) is 23.3 Å². The van der Waals surface area contributed by atoms with Crippen molar-refractivity contribution in [2.24, 2.45) is 0 Å². The highest BCUT2D eigenvalue weighted by Crippen LogP contribution is 2.37. The van der Waals surface area contributed by atoms with Crippen LogP contribution in [0.5, 0.6) is 11.5 Å². The second kappa shape index (κ2) is 9.36. The lowest BCUT2D eigenvalue weighted by Crippen LogP contribution is -2.00. The van der Waals surface area contributed by atoms with Crippen LogP contribution in [0.25, 0.3) is 11.6 Å². The fraction of sp³-hybridized carbons (Fsp3) is 0.150. The van der Waals surface area contributed by atoms with E-state index in [0.29, 0.717) is 28.7 Å². The first-order valence-electron chi connectivity index (χ1n) is 7.49. The molecule has 0 aliphatic rings. The first-order chi connectivity index (χ1) is 12.1. The summed E-state index contributed by atoms with van der Waals surface area (Å²) in [5, 5.41) is 9.87. The van der Waals surface area contributed by atoms with E-state index in [1.54, 1.807) is 18.2 Å². The monoisotopic (exact) mass is 463 g/mol. The number of rotatable bonds is 6. The summed E-state index contributed by atoms with van der Waals surface area (Å²) in [7, 11) is 0. The van der Waals surface area contributed by atoms with Gasteiger partial charge in [-0.3, -0.25) is 0 Å². The van der Waals surface area contributed by atoms with Crippen molar-refractivity contribution in [3.05, 3.63) is 56.1 Å². The van der Waals surface area contributed by atoms with Crippen molar-refractivity contribution in [2.75, 3.05) is 13.2 Å². The molecule has 0 aromatic heterocycles. The summed E-state index contributed by atoms with van der Waals surface area (Å²) in [6.07, 6.45) is 7.00. The Morgan fingerprint density at radius 3 is 2.60 bits per heavy atom. The molecule has 0 unspecified atom stereocenters. The van der Waals surface area contributed by atoms with Crippen LogP contribution in [0, 0.1) is 27.2 Å². The van der Waals surface area contributed by atoms with Gasteiger partial charge in [-0.1, -0.05) is 29.7 Å². The number of allylic oxidation sites excluding steroid dienone is 1. The number of halogens is 2. The topological polar surface area (TPSA) is 42.2 Å². The molecular weight excluding hydrogens is 449 g/mol. The van der Waals surface area contributed by atoms with Crippen LogP contribution in [0.3, 0.4) is 0 Å². The highest BCUT2D eigenvalue weighted by molar-refractivity contribution is 14.1. The van der Waals surface area contributed by atoms with Gasteiger partial charge in [0.2, 0.25) is 0 Å². The van der Waals surface area contributed by atoms with E-state index in [2.05, 4.69) is 34.6 Å². The van der Waals surface area contributed by atoms with Gasteiger partial charge in [0.15, 0.2) is 11.5 Å². The molecule has 0 radical (unpaired) electrons. The molecule has 0 saturated carbocycles. The molecule has 0 aliphatic carbocycles. The fourth-order valence-electron chi connectivity index (χ4n) is 2.16. The summed E-state index contributed by atoms with van der Waals surface area (Å²) in [5.41, 5.74) is 2.12. The standard InChI is InChI=1S/C20H15ClINO2/c1-3-9-25-20-18(21)11-14(12-19(20)24-4-2)10-16(13-23)15-5-7-17(22)8-6-15/h1,5-8,10-12H,4,9H2,2H3/b16-10-. The number of hydrogen-bond donors (Lipinski definition) is 0. The van der Waals surface area contributed by atoms with Crippen molar-refractivity contribution in [2.45, 2.75) is 6.92 Å². The summed E-state index contributed by atoms with van der Waals surface area (Å²) < 4.78 is 12.2. The Hall–Kier alpha value is -2.15. The van der Waals surface area contributed by atoms with Gasteiger partial charge in [0, 0.05) is 3.57 Å². The molecule has 126 valence electrons. The van der Waals surface area contributed by atoms with Gasteiger partial charge in [-0.05, 0) is 71.0 Å². The molecule has 2 aromatic carbocycles. The van der Waals surface area contributed by atoms with Crippen LogP contribution in [0.15, 0.2) is 36.4 Å². The van der Waals surface area contributed by atoms with Crippen LogP contribution in [0.2, 0.25) is 5.02 Å². The Morgan fingerprint density at radius 1 is 1.28 bits per heavy atom. The zero-order valence-electron chi connectivity index (χ0n) is 13.6. The van der Waals surface area contributed by atoms with Crippen molar-refractivity contribution in [1.82, 2.24) is 0 Å². The number of terminal acetylenes is 1. The predicted molar refractivity (Wildman–Crippen MR) is 110 cm³/mol. The minimum atomic E-state index is 0.0983. The molecule has 0 N–H and O–H groups in total. The van der Waals surface area contributed by atoms with Crippen LogP contribution in [0.1, 0.15) is 18.1 Å². The van der Waals surface area contributed by atoms with Crippen molar-refractivity contribution in [3.8, 4) is 29.9 Å². The summed E-state index contributed by atoms with van der Waals surface area (Å²) in [6.45, 7) is 2.42. The molecular formula is C20H15ClINO2. The highest BCUT2D eigenvalue weighted by atomic mass is 127. The summed E-state index contributed by atoms with van der Waals surface area (Å²) in [6, 6.07) is 13.5. The lowest BCUT2D eigenvalue weighted by atomic mass is 10.0. The molecule has 5 heteroatoms. The van der Waals surface area contributed by atoms with Gasteiger partial charge in [-0.15, -0.1) is 6.42 Å². The SMILES string of the molecule is C#CCOc1c(Cl)cc(/C=C(/C#N)c2ccc(I)cc2)cc1OCC. The molecule has 0 fully saturated rings. The third kappa shape index (κ3) is 5.16. The predicted octanol–water partition coefficient (Wildman–Crippen LogP) is 5.42. The van der Waals surface area contributed by atoms with Crippen LogP contribution in [-0.4, -0.2) is 13.2 Å². The third-order valence-electron chi connectivity index (χ3n) is 3.22. The Bertz CT molecular complexity index is 861. The van der Waals surface area contributed by atoms with Crippen molar-refractivity contribution >= 4 is 45.8 Å². The van der Waals surface area contributed by atoms with Gasteiger partial charge in [0.25, 0.3) is 0 Å². The molecule has 0 spiro atoms. The largest absolute Gasteiger partial charge is 0.490 e. The van der Waals surface area contributed by atoms with Crippen molar-refractivity contribution < 1.29 is 9.47 Å². The zero-order valence-corrected chi connectivity index (χ0v) is 16.5. The van der Waals surface area contributed by atoms with E-state index in [9.17, 15) is 5.26 Å². The fourth-order valence-corrected chi connectivity index (χ4v) is 2.80. The van der Waals surface area contributed by atoms with E-state index in [0.717, 1.165) is 14.7 Å². The third-order valence-corrected chi connectivity index (χ3v) is 4.22. The van der Waals surface area contributed by atoms with E-state index >= 15 is 0 Å². The normalized spacial score (nSPS) is 10.7. The van der Waals surface area contributed by atoms with Gasteiger partial charge < -0.3 is 9.47 Å². The maximum Gasteiger partial charge on any atom is 0.181 e. The molecule has 25 heavy (non-hydrogen) atoms. The van der Waals surface area contributed by atoms with E-state index in [4.69, 9.17) is 27.5 Å². The maximum absolute atomic E-state index is 9.49. The highest BCUT2D eigenvalue weighted by Gasteiger charge is 2.12. The molecule has 2 aromatic rings. The molecule has 2 rings (SSSR count). The molecule has 0 atom stereocenters. The minimum Gasteiger partial charge on any atom is -0.490 e. The lowest BCUT2D eigenvalue weighted by molar-refractivity contribution is 0.299. The van der Waals surface area contributed by atoms with Gasteiger partial charge in [-0.2, -0.15) is 5.26 Å². The average Bonchev–Trinajstić information content (AvgIpc) is 2.60. The summed E-state index contributed by atoms with van der Waals surface area (Å²) in [5.74, 6) is 3.31. The Balaban J connectivity index is 2.45. The molecule has 0 heterocycles. The first-order valence-corrected chi connectivity index (χ1v) is 8.95. The van der Waals surface area contributed by atoms with Crippen molar-refractivity contribution in [3.63, 3.8) is 0 Å². The Kier molecular flexibility index (Phi) is 7.18. The molecule has 3 nitrogen and oxygen atoms in total. The van der Waals surface area contributed by atoms with Gasteiger partial charge >= 0.3 is 0 Å². The second-order valence-electron chi connectivity index (χ2n) is 4.93. The number of hydrogen-bond acceptors (Lipinski definition) is 3. The molecule has 0 aliphatic heterocycles. The van der Waals surface area contributed by atoms with Crippen LogP contribution in [0.4, 0.5) is 0 Å². The lowest BCUT2D eigenvalue weighted by Gasteiger charge is -2.13. The molecule has 0 saturated heterocycles. The number of nitrogens with zero attached hydrogens (tertiary/aromatic N) is 1. The Morgan fingerprint density at radius 2 is 2.00 bits per heavy atom. The number of benzene rings is 2. The second-order valence-corrected chi connectivity index (χ2v) is 6.59. The van der Waals surface area contributed by atoms with Crippen LogP contribution in [-0.2, 0) is 0 Å². The van der Waals surface area contributed by atoms with Crippen LogP contribution >= 0.6 is 34.2 Å². The van der Waals surface area contributed by atoms with Gasteiger partial charge in [-0.25, -0.2) is 0 Å². The van der Waals surface area contributed by atoms with Gasteiger partial charge in [0.1, 0.15) is 6.61 Å². The van der Waals surface area contributed by atoms with Crippen molar-refractivity contribution in [1.29, 1.82) is 5.26 Å². The number of nitriles is 1. The number of ether oxygens (including phenoxy) is 2. The first kappa shape index (κ1) is 19.2. The molecule has 0 bridgehead atoms. The maximum atomic E-state index is 9.49. The van der Waals surface area contributed by atoms with E-state index in [1.807, 2.05) is 31.2 Å². The average molecular weight is 464 g/mol. The summed E-state index contributed by atoms with van der Waals surface area (Å²) in [4.78, 5) is 0. The van der Waals surface area contributed by atoms with E-state index in [-0.39, 0.29) is 6.61 Å². The van der Waals surface area contributed by atoms with Crippen LogP contribution < -0.4 is 9.47 Å². The zero-order chi connectivity index (χ0) is 18.2. The minimum absolute atomic E-state index is 0.0983. The summed E-state index contributed by atoms with van der Waals surface area (Å²) >= 11 is 8.54. The quantitative estimate of drug-likeness (QED) is 0.249.